The third-order valence-corrected chi connectivity index (χ3v) is 3.47. The van der Waals surface area contributed by atoms with Crippen LogP contribution in [0.1, 0.15) is 56.1 Å². The minimum absolute atomic E-state index is 0.442. The van der Waals surface area contributed by atoms with E-state index in [1.807, 2.05) is 6.92 Å². The lowest BCUT2D eigenvalue weighted by Gasteiger charge is -2.16. The van der Waals surface area contributed by atoms with E-state index >= 15 is 0 Å². The zero-order valence-electron chi connectivity index (χ0n) is 12.6. The molecule has 0 aromatic carbocycles. The molecule has 1 unspecified atom stereocenters. The molecule has 2 aromatic rings. The molecule has 2 heterocycles. The minimum atomic E-state index is 0.442. The van der Waals surface area contributed by atoms with E-state index in [0.29, 0.717) is 12.6 Å². The highest BCUT2D eigenvalue weighted by Crippen LogP contribution is 2.19. The van der Waals surface area contributed by atoms with Crippen molar-refractivity contribution in [1.29, 1.82) is 0 Å². The smallest absolute Gasteiger partial charge is 0.127 e. The number of aromatic nitrogens is 3. The predicted octanol–water partition coefficient (Wildman–Crippen LogP) is 3.07. The molecule has 0 saturated heterocycles. The van der Waals surface area contributed by atoms with Crippen molar-refractivity contribution < 1.29 is 4.63 Å². The molecule has 0 aliphatic carbocycles. The van der Waals surface area contributed by atoms with Gasteiger partial charge in [-0.15, -0.1) is 0 Å². The van der Waals surface area contributed by atoms with E-state index < -0.39 is 0 Å². The fraction of sp³-hybridized carbons (Fsp3) is 0.600. The maximum absolute atomic E-state index is 4.74. The van der Waals surface area contributed by atoms with Gasteiger partial charge in [0.2, 0.25) is 0 Å². The highest BCUT2D eigenvalue weighted by molar-refractivity contribution is 5.17. The molecule has 1 atom stereocenters. The van der Waals surface area contributed by atoms with Crippen molar-refractivity contribution in [3.05, 3.63) is 35.4 Å². The van der Waals surface area contributed by atoms with E-state index in [1.54, 1.807) is 0 Å². The van der Waals surface area contributed by atoms with Gasteiger partial charge >= 0.3 is 0 Å². The van der Waals surface area contributed by atoms with Crippen molar-refractivity contribution in [3.8, 4) is 0 Å². The molecule has 5 nitrogen and oxygen atoms in total. The summed E-state index contributed by atoms with van der Waals surface area (Å²) in [5.74, 6) is 0. The molecular formula is C15H24N4O. The quantitative estimate of drug-likeness (QED) is 0.805. The molecule has 1 N–H and O–H groups in total. The Balaban J connectivity index is 2.04. The van der Waals surface area contributed by atoms with Gasteiger partial charge in [-0.25, -0.2) is 4.63 Å². The fourth-order valence-electron chi connectivity index (χ4n) is 2.32. The summed E-state index contributed by atoms with van der Waals surface area (Å²) in [5, 5.41) is 11.4. The second-order valence-electron chi connectivity index (χ2n) is 5.21. The molecule has 110 valence electrons. The summed E-state index contributed by atoms with van der Waals surface area (Å²) in [6, 6.07) is 2.63. The molecule has 0 saturated carbocycles. The summed E-state index contributed by atoms with van der Waals surface area (Å²) in [6.45, 7) is 8.10. The van der Waals surface area contributed by atoms with Crippen molar-refractivity contribution in [3.63, 3.8) is 0 Å². The number of nitrogens with zero attached hydrogens (tertiary/aromatic N) is 3. The first kappa shape index (κ1) is 14.8. The number of rotatable bonds is 8. The molecule has 0 fully saturated rings. The van der Waals surface area contributed by atoms with Crippen molar-refractivity contribution in [2.24, 2.45) is 0 Å². The van der Waals surface area contributed by atoms with Gasteiger partial charge in [-0.3, -0.25) is 0 Å². The van der Waals surface area contributed by atoms with Crippen molar-refractivity contribution in [1.82, 2.24) is 20.2 Å². The molecule has 2 aromatic heterocycles. The molecule has 0 spiro atoms. The average Bonchev–Trinajstić information content (AvgIpc) is 3.05. The lowest BCUT2D eigenvalue weighted by molar-refractivity contribution is 0.300. The standard InChI is InChI=1S/C15H24N4O/c1-4-6-14(16-8-5-2)13-7-9-19(10-13)11-15-12(3)17-20-18-15/h7,9-10,14,16H,4-6,8,11H2,1-3H3. The summed E-state index contributed by atoms with van der Waals surface area (Å²) < 4.78 is 6.87. The monoisotopic (exact) mass is 276 g/mol. The van der Waals surface area contributed by atoms with Crippen molar-refractivity contribution in [2.75, 3.05) is 6.54 Å². The number of aryl methyl sites for hydroxylation is 1. The highest BCUT2D eigenvalue weighted by atomic mass is 16.6. The Morgan fingerprint density at radius 2 is 2.15 bits per heavy atom. The largest absolute Gasteiger partial charge is 0.348 e. The van der Waals surface area contributed by atoms with Gasteiger partial charge in [-0.1, -0.05) is 30.6 Å². The summed E-state index contributed by atoms with van der Waals surface area (Å²) in [7, 11) is 0. The number of hydrogen-bond donors (Lipinski definition) is 1. The van der Waals surface area contributed by atoms with Gasteiger partial charge < -0.3 is 9.88 Å². The van der Waals surface area contributed by atoms with E-state index in [9.17, 15) is 0 Å². The van der Waals surface area contributed by atoms with Crippen LogP contribution >= 0.6 is 0 Å². The van der Waals surface area contributed by atoms with Crippen LogP contribution in [0.5, 0.6) is 0 Å². The van der Waals surface area contributed by atoms with Crippen LogP contribution in [0.2, 0.25) is 0 Å². The SMILES string of the molecule is CCCNC(CCC)c1ccn(Cc2nonc2C)c1. The van der Waals surface area contributed by atoms with Gasteiger partial charge in [-0.2, -0.15) is 0 Å². The zero-order chi connectivity index (χ0) is 14.4. The summed E-state index contributed by atoms with van der Waals surface area (Å²) in [4.78, 5) is 0. The lowest BCUT2D eigenvalue weighted by Crippen LogP contribution is -2.21. The van der Waals surface area contributed by atoms with E-state index in [0.717, 1.165) is 30.8 Å². The van der Waals surface area contributed by atoms with Crippen LogP contribution in [0, 0.1) is 6.92 Å². The molecule has 0 aliphatic rings. The Hall–Kier alpha value is -1.62. The van der Waals surface area contributed by atoms with Gasteiger partial charge in [-0.05, 0) is 37.9 Å². The van der Waals surface area contributed by atoms with Crippen LogP contribution in [-0.2, 0) is 6.54 Å². The van der Waals surface area contributed by atoms with E-state index in [4.69, 9.17) is 4.63 Å². The Morgan fingerprint density at radius 1 is 1.30 bits per heavy atom. The molecule has 2 rings (SSSR count). The van der Waals surface area contributed by atoms with Crippen LogP contribution in [0.15, 0.2) is 23.1 Å². The molecule has 5 heteroatoms. The van der Waals surface area contributed by atoms with Crippen LogP contribution < -0.4 is 5.32 Å². The van der Waals surface area contributed by atoms with Crippen molar-refractivity contribution in [2.45, 2.75) is 52.6 Å². The van der Waals surface area contributed by atoms with Crippen LogP contribution in [0.25, 0.3) is 0 Å². The zero-order valence-corrected chi connectivity index (χ0v) is 12.6. The maximum atomic E-state index is 4.74. The normalized spacial score (nSPS) is 12.8. The first-order valence-electron chi connectivity index (χ1n) is 7.41. The van der Waals surface area contributed by atoms with Crippen molar-refractivity contribution >= 4 is 0 Å². The minimum Gasteiger partial charge on any atom is -0.348 e. The van der Waals surface area contributed by atoms with Gasteiger partial charge in [0.05, 0.1) is 6.54 Å². The average molecular weight is 276 g/mol. The van der Waals surface area contributed by atoms with Gasteiger partial charge in [0, 0.05) is 18.4 Å². The third kappa shape index (κ3) is 3.70. The molecule has 0 radical (unpaired) electrons. The Morgan fingerprint density at radius 3 is 2.80 bits per heavy atom. The second-order valence-corrected chi connectivity index (χ2v) is 5.21. The molecular weight excluding hydrogens is 252 g/mol. The predicted molar refractivity (Wildman–Crippen MR) is 78.5 cm³/mol. The lowest BCUT2D eigenvalue weighted by atomic mass is 10.1. The summed E-state index contributed by atoms with van der Waals surface area (Å²) in [5.41, 5.74) is 3.09. The molecule has 20 heavy (non-hydrogen) atoms. The van der Waals surface area contributed by atoms with Gasteiger partial charge in [0.1, 0.15) is 11.4 Å². The van der Waals surface area contributed by atoms with E-state index in [2.05, 4.69) is 52.5 Å². The van der Waals surface area contributed by atoms with E-state index in [1.165, 1.54) is 12.0 Å². The summed E-state index contributed by atoms with van der Waals surface area (Å²) in [6.07, 6.45) is 7.79. The molecule has 0 bridgehead atoms. The molecule has 0 amide bonds. The first-order chi connectivity index (χ1) is 9.74. The van der Waals surface area contributed by atoms with Crippen LogP contribution in [-0.4, -0.2) is 21.4 Å². The van der Waals surface area contributed by atoms with Gasteiger partial charge in [0.15, 0.2) is 0 Å². The van der Waals surface area contributed by atoms with Crippen LogP contribution in [0.3, 0.4) is 0 Å². The first-order valence-corrected chi connectivity index (χ1v) is 7.41. The Kier molecular flexibility index (Phi) is 5.35. The summed E-state index contributed by atoms with van der Waals surface area (Å²) >= 11 is 0. The maximum Gasteiger partial charge on any atom is 0.127 e. The Labute approximate surface area is 120 Å². The van der Waals surface area contributed by atoms with Gasteiger partial charge in [0.25, 0.3) is 0 Å². The molecule has 0 aliphatic heterocycles. The number of nitrogens with one attached hydrogen (secondary N) is 1. The topological polar surface area (TPSA) is 55.9 Å². The third-order valence-electron chi connectivity index (χ3n) is 3.47. The van der Waals surface area contributed by atoms with E-state index in [-0.39, 0.29) is 0 Å². The fourth-order valence-corrected chi connectivity index (χ4v) is 2.32. The Bertz CT molecular complexity index is 517. The number of hydrogen-bond acceptors (Lipinski definition) is 4. The second kappa shape index (κ2) is 7.24. The highest BCUT2D eigenvalue weighted by Gasteiger charge is 2.12. The van der Waals surface area contributed by atoms with Crippen LogP contribution in [0.4, 0.5) is 0 Å².